The van der Waals surface area contributed by atoms with E-state index in [1.807, 2.05) is 96.5 Å². The van der Waals surface area contributed by atoms with E-state index in [2.05, 4.69) is 32.3 Å². The first-order valence-electron chi connectivity index (χ1n) is 13.6. The number of anilines is 1. The van der Waals surface area contributed by atoms with Crippen LogP contribution in [-0.2, 0) is 13.7 Å². The molecule has 1 aliphatic rings. The first-order chi connectivity index (χ1) is 19.6. The maximum atomic E-state index is 13.3. The van der Waals surface area contributed by atoms with Crippen LogP contribution in [0.3, 0.4) is 0 Å². The second-order valence-electron chi connectivity index (χ2n) is 10.2. The summed E-state index contributed by atoms with van der Waals surface area (Å²) in [6, 6.07) is 27.9. The monoisotopic (exact) mass is 532 g/mol. The number of aryl methyl sites for hydroxylation is 1. The van der Waals surface area contributed by atoms with Crippen molar-refractivity contribution in [2.75, 3.05) is 25.0 Å². The molecule has 1 amide bonds. The zero-order chi connectivity index (χ0) is 27.5. The number of piperidine rings is 1. The molecule has 1 fully saturated rings. The molecule has 8 nitrogen and oxygen atoms in total. The number of carbonyl (C=O) groups excluding carboxylic acids is 1. The molecular formula is C32H32N6O2. The number of carbonyl (C=O) groups is 1. The quantitative estimate of drug-likeness (QED) is 0.281. The maximum absolute atomic E-state index is 13.3. The molecule has 1 saturated heterocycles. The van der Waals surface area contributed by atoms with Gasteiger partial charge in [-0.1, -0.05) is 54.6 Å². The van der Waals surface area contributed by atoms with Crippen molar-refractivity contribution in [1.82, 2.24) is 24.9 Å². The molecule has 40 heavy (non-hydrogen) atoms. The number of aromatic nitrogens is 4. The van der Waals surface area contributed by atoms with Gasteiger partial charge in [0.05, 0.1) is 5.69 Å². The Bertz CT molecular complexity index is 1610. The number of hydrogen-bond donors (Lipinski definition) is 0. The molecule has 6 rings (SSSR count). The lowest BCUT2D eigenvalue weighted by Crippen LogP contribution is -2.46. The topological polar surface area (TPSA) is 76.4 Å². The van der Waals surface area contributed by atoms with Gasteiger partial charge in [-0.25, -0.2) is 0 Å². The van der Waals surface area contributed by atoms with Crippen molar-refractivity contribution < 1.29 is 9.53 Å². The lowest BCUT2D eigenvalue weighted by Gasteiger charge is -2.37. The summed E-state index contributed by atoms with van der Waals surface area (Å²) in [4.78, 5) is 17.4. The molecule has 0 saturated carbocycles. The van der Waals surface area contributed by atoms with Gasteiger partial charge in [0.25, 0.3) is 5.91 Å². The summed E-state index contributed by atoms with van der Waals surface area (Å²) in [6.07, 6.45) is 3.50. The molecule has 1 aliphatic heterocycles. The van der Waals surface area contributed by atoms with Gasteiger partial charge in [-0.2, -0.15) is 5.10 Å². The van der Waals surface area contributed by atoms with Crippen LogP contribution in [0.2, 0.25) is 0 Å². The maximum Gasteiger partial charge on any atom is 0.253 e. The molecule has 0 atom stereocenters. The molecule has 202 valence electrons. The Morgan fingerprint density at radius 2 is 1.60 bits per heavy atom. The Kier molecular flexibility index (Phi) is 7.14. The normalized spacial score (nSPS) is 13.9. The van der Waals surface area contributed by atoms with Crippen LogP contribution in [0.1, 0.15) is 28.8 Å². The second kappa shape index (κ2) is 11.2. The number of benzene rings is 3. The van der Waals surface area contributed by atoms with Crippen molar-refractivity contribution in [3.63, 3.8) is 0 Å². The molecule has 0 bridgehead atoms. The molecule has 0 N–H and O–H groups in total. The van der Waals surface area contributed by atoms with E-state index in [-0.39, 0.29) is 11.9 Å². The Balaban J connectivity index is 1.10. The molecule has 0 aliphatic carbocycles. The van der Waals surface area contributed by atoms with E-state index in [9.17, 15) is 4.79 Å². The van der Waals surface area contributed by atoms with Gasteiger partial charge < -0.3 is 14.5 Å². The van der Waals surface area contributed by atoms with Gasteiger partial charge in [-0.3, -0.25) is 9.48 Å². The number of amides is 1. The summed E-state index contributed by atoms with van der Waals surface area (Å²) in [7, 11) is 3.82. The van der Waals surface area contributed by atoms with Crippen LogP contribution in [0.15, 0.2) is 91.1 Å². The van der Waals surface area contributed by atoms with Gasteiger partial charge in [0.2, 0.25) is 0 Å². The highest BCUT2D eigenvalue weighted by Gasteiger charge is 2.28. The molecule has 3 aromatic carbocycles. The third kappa shape index (κ3) is 5.12. The van der Waals surface area contributed by atoms with Gasteiger partial charge in [-0.15, -0.1) is 10.2 Å². The minimum Gasteiger partial charge on any atom is -0.489 e. The third-order valence-electron chi connectivity index (χ3n) is 7.71. The van der Waals surface area contributed by atoms with Crippen molar-refractivity contribution >= 4 is 22.5 Å². The predicted octanol–water partition coefficient (Wildman–Crippen LogP) is 5.35. The largest absolute Gasteiger partial charge is 0.489 e. The van der Waals surface area contributed by atoms with Crippen LogP contribution in [0.4, 0.5) is 5.82 Å². The SMILES string of the molecule is CN(C(=O)c1ccc(OCc2ccccc2)cc1)C1CCN(c2nnc(-c3ccnn3C)c3ccccc23)CC1. The highest BCUT2D eigenvalue weighted by atomic mass is 16.5. The van der Waals surface area contributed by atoms with Gasteiger partial charge in [-0.05, 0) is 48.7 Å². The van der Waals surface area contributed by atoms with Crippen molar-refractivity contribution in [3.8, 4) is 17.1 Å². The molecular weight excluding hydrogens is 500 g/mol. The minimum absolute atomic E-state index is 0.0267. The number of rotatable bonds is 7. The zero-order valence-corrected chi connectivity index (χ0v) is 22.8. The van der Waals surface area contributed by atoms with E-state index in [0.29, 0.717) is 12.2 Å². The van der Waals surface area contributed by atoms with Crippen molar-refractivity contribution in [1.29, 1.82) is 0 Å². The zero-order valence-electron chi connectivity index (χ0n) is 22.8. The fourth-order valence-corrected chi connectivity index (χ4v) is 5.39. The van der Waals surface area contributed by atoms with E-state index < -0.39 is 0 Å². The first kappa shape index (κ1) is 25.6. The lowest BCUT2D eigenvalue weighted by molar-refractivity contribution is 0.0709. The van der Waals surface area contributed by atoms with E-state index in [1.54, 1.807) is 6.20 Å². The summed E-state index contributed by atoms with van der Waals surface area (Å²) in [5.41, 5.74) is 3.54. The van der Waals surface area contributed by atoms with Crippen molar-refractivity contribution in [2.45, 2.75) is 25.5 Å². The number of fused-ring (bicyclic) bond motifs is 1. The number of ether oxygens (including phenoxy) is 1. The van der Waals surface area contributed by atoms with Crippen LogP contribution in [0.25, 0.3) is 22.2 Å². The smallest absolute Gasteiger partial charge is 0.253 e. The Morgan fingerprint density at radius 1 is 0.900 bits per heavy atom. The Labute approximate surface area is 233 Å². The summed E-state index contributed by atoms with van der Waals surface area (Å²) in [5, 5.41) is 15.7. The standard InChI is InChI=1S/C32H32N6O2/c1-36(32(39)24-12-14-26(15-13-24)40-22-23-8-4-3-5-9-23)25-17-20-38(21-18-25)31-28-11-7-6-10-27(28)30(34-35-31)29-16-19-33-37(29)2/h3-16,19,25H,17-18,20-22H2,1-2H3. The fourth-order valence-electron chi connectivity index (χ4n) is 5.39. The second-order valence-corrected chi connectivity index (χ2v) is 10.2. The molecule has 5 aromatic rings. The van der Waals surface area contributed by atoms with Crippen molar-refractivity contribution in [3.05, 3.63) is 102 Å². The number of hydrogen-bond acceptors (Lipinski definition) is 6. The van der Waals surface area contributed by atoms with Crippen LogP contribution in [-0.4, -0.2) is 57.0 Å². The summed E-state index contributed by atoms with van der Waals surface area (Å²) < 4.78 is 7.70. The molecule has 0 spiro atoms. The van der Waals surface area contributed by atoms with E-state index in [0.717, 1.165) is 65.2 Å². The molecule has 0 radical (unpaired) electrons. The average Bonchev–Trinajstić information content (AvgIpc) is 3.45. The fraction of sp³-hybridized carbons (Fsp3) is 0.250. The average molecular weight is 533 g/mol. The molecule has 8 heteroatoms. The first-order valence-corrected chi connectivity index (χ1v) is 13.6. The third-order valence-corrected chi connectivity index (χ3v) is 7.71. The highest BCUT2D eigenvalue weighted by molar-refractivity contribution is 6.00. The summed E-state index contributed by atoms with van der Waals surface area (Å²) in [5.74, 6) is 1.66. The molecule has 0 unspecified atom stereocenters. The highest BCUT2D eigenvalue weighted by Crippen LogP contribution is 2.32. The van der Waals surface area contributed by atoms with Gasteiger partial charge in [0, 0.05) is 55.8 Å². The van der Waals surface area contributed by atoms with Crippen LogP contribution in [0, 0.1) is 0 Å². The van der Waals surface area contributed by atoms with Gasteiger partial charge in [0.15, 0.2) is 5.82 Å². The summed E-state index contributed by atoms with van der Waals surface area (Å²) >= 11 is 0. The van der Waals surface area contributed by atoms with Gasteiger partial charge >= 0.3 is 0 Å². The summed E-state index contributed by atoms with van der Waals surface area (Å²) in [6.45, 7) is 2.11. The predicted molar refractivity (Wildman–Crippen MR) is 156 cm³/mol. The van der Waals surface area contributed by atoms with E-state index in [4.69, 9.17) is 4.74 Å². The van der Waals surface area contributed by atoms with E-state index >= 15 is 0 Å². The Morgan fingerprint density at radius 3 is 2.30 bits per heavy atom. The molecule has 3 heterocycles. The van der Waals surface area contributed by atoms with Crippen LogP contribution < -0.4 is 9.64 Å². The van der Waals surface area contributed by atoms with Crippen molar-refractivity contribution in [2.24, 2.45) is 7.05 Å². The Hall–Kier alpha value is -4.72. The van der Waals surface area contributed by atoms with E-state index in [1.165, 1.54) is 0 Å². The van der Waals surface area contributed by atoms with Crippen LogP contribution in [0.5, 0.6) is 5.75 Å². The lowest BCUT2D eigenvalue weighted by atomic mass is 10.0. The molecule has 2 aromatic heterocycles. The number of nitrogens with zero attached hydrogens (tertiary/aromatic N) is 6. The minimum atomic E-state index is 0.0267. The van der Waals surface area contributed by atoms with Gasteiger partial charge in [0.1, 0.15) is 18.1 Å². The van der Waals surface area contributed by atoms with Crippen LogP contribution >= 0.6 is 0 Å².